The van der Waals surface area contributed by atoms with E-state index in [-0.39, 0.29) is 17.4 Å². The Bertz CT molecular complexity index is 915. The van der Waals surface area contributed by atoms with Crippen molar-refractivity contribution < 1.29 is 4.79 Å². The van der Waals surface area contributed by atoms with Gasteiger partial charge in [-0.1, -0.05) is 36.4 Å². The van der Waals surface area contributed by atoms with Gasteiger partial charge in [-0.15, -0.1) is 0 Å². The van der Waals surface area contributed by atoms with E-state index in [4.69, 9.17) is 0 Å². The number of aryl methyl sites for hydroxylation is 2. The van der Waals surface area contributed by atoms with Crippen LogP contribution in [0.25, 0.3) is 5.57 Å². The van der Waals surface area contributed by atoms with Gasteiger partial charge in [0, 0.05) is 32.1 Å². The summed E-state index contributed by atoms with van der Waals surface area (Å²) in [6, 6.07) is 12.0. The molecule has 2 heterocycles. The van der Waals surface area contributed by atoms with Crippen LogP contribution in [0.15, 0.2) is 47.3 Å². The van der Waals surface area contributed by atoms with Crippen LogP contribution in [0, 0.1) is 5.92 Å². The molecule has 0 bridgehead atoms. The summed E-state index contributed by atoms with van der Waals surface area (Å²) in [5.41, 5.74) is 4.35. The Hall–Kier alpha value is -2.69. The van der Waals surface area contributed by atoms with Gasteiger partial charge in [-0.25, -0.2) is 4.68 Å². The normalized spacial score (nSPS) is 19.7. The van der Waals surface area contributed by atoms with Crippen molar-refractivity contribution in [3.05, 3.63) is 69.6 Å². The number of aromatic nitrogens is 2. The van der Waals surface area contributed by atoms with Crippen LogP contribution in [0.4, 0.5) is 0 Å². The van der Waals surface area contributed by atoms with Crippen molar-refractivity contribution in [3.63, 3.8) is 0 Å². The minimum absolute atomic E-state index is 0.0388. The van der Waals surface area contributed by atoms with E-state index in [0.29, 0.717) is 13.0 Å². The van der Waals surface area contributed by atoms with Crippen LogP contribution in [0.2, 0.25) is 0 Å². The topological polar surface area (TPSA) is 55.2 Å². The van der Waals surface area contributed by atoms with Crippen LogP contribution in [-0.4, -0.2) is 33.7 Å². The van der Waals surface area contributed by atoms with Crippen molar-refractivity contribution in [2.45, 2.75) is 25.7 Å². The molecule has 1 aromatic heterocycles. The lowest BCUT2D eigenvalue weighted by molar-refractivity contribution is -0.135. The van der Waals surface area contributed by atoms with Gasteiger partial charge in [0.15, 0.2) is 0 Å². The molecule has 0 radical (unpaired) electrons. The summed E-state index contributed by atoms with van der Waals surface area (Å²) in [4.78, 5) is 26.7. The molecule has 134 valence electrons. The minimum Gasteiger partial charge on any atom is -0.338 e. The van der Waals surface area contributed by atoms with Gasteiger partial charge in [0.25, 0.3) is 5.56 Å². The van der Waals surface area contributed by atoms with Crippen molar-refractivity contribution in [2.75, 3.05) is 13.1 Å². The van der Waals surface area contributed by atoms with Gasteiger partial charge in [0.05, 0.1) is 5.69 Å². The molecule has 1 aliphatic heterocycles. The highest BCUT2D eigenvalue weighted by atomic mass is 16.2. The molecular weight excluding hydrogens is 326 g/mol. The number of carbonyl (C=O) groups is 1. The first-order valence-electron chi connectivity index (χ1n) is 9.21. The summed E-state index contributed by atoms with van der Waals surface area (Å²) in [6.45, 7) is 1.43. The number of rotatable bonds is 2. The number of fused-ring (bicyclic) bond motifs is 1. The van der Waals surface area contributed by atoms with Gasteiger partial charge in [0.1, 0.15) is 0 Å². The number of amides is 1. The number of nitrogens with zero attached hydrogens (tertiary/aromatic N) is 3. The van der Waals surface area contributed by atoms with Gasteiger partial charge in [-0.3, -0.25) is 9.59 Å². The third-order valence-corrected chi connectivity index (χ3v) is 5.47. The molecule has 0 unspecified atom stereocenters. The zero-order valence-corrected chi connectivity index (χ0v) is 15.0. The van der Waals surface area contributed by atoms with E-state index >= 15 is 0 Å². The third-order valence-electron chi connectivity index (χ3n) is 5.47. The van der Waals surface area contributed by atoms with Crippen LogP contribution < -0.4 is 5.56 Å². The molecule has 5 heteroatoms. The van der Waals surface area contributed by atoms with Crippen LogP contribution in [0.5, 0.6) is 0 Å². The molecular formula is C21H23N3O2. The van der Waals surface area contributed by atoms with Gasteiger partial charge < -0.3 is 4.90 Å². The SMILES string of the molecule is Cn1nc2c(cc1=O)C[C@H](C(=O)N1CC=C(c3ccccc3)CC1)CC2. The second-order valence-corrected chi connectivity index (χ2v) is 7.15. The minimum atomic E-state index is -0.106. The van der Waals surface area contributed by atoms with Crippen LogP contribution in [0.1, 0.15) is 29.7 Å². The molecule has 1 aliphatic carbocycles. The number of hydrogen-bond donors (Lipinski definition) is 0. The summed E-state index contributed by atoms with van der Waals surface area (Å²) >= 11 is 0. The molecule has 1 aromatic carbocycles. The monoisotopic (exact) mass is 349 g/mol. The van der Waals surface area contributed by atoms with Gasteiger partial charge in [0.2, 0.25) is 5.91 Å². The Labute approximate surface area is 153 Å². The van der Waals surface area contributed by atoms with Crippen LogP contribution in [-0.2, 0) is 24.7 Å². The van der Waals surface area contributed by atoms with E-state index < -0.39 is 0 Å². The van der Waals surface area contributed by atoms with Crippen molar-refractivity contribution in [1.82, 2.24) is 14.7 Å². The zero-order chi connectivity index (χ0) is 18.1. The predicted octanol–water partition coefficient (Wildman–Crippen LogP) is 2.20. The van der Waals surface area contributed by atoms with Crippen molar-refractivity contribution in [2.24, 2.45) is 13.0 Å². The quantitative estimate of drug-likeness (QED) is 0.835. The number of carbonyl (C=O) groups excluding carboxylic acids is 1. The summed E-state index contributed by atoms with van der Waals surface area (Å²) in [5.74, 6) is 0.169. The molecule has 1 amide bonds. The van der Waals surface area contributed by atoms with Crippen molar-refractivity contribution in [3.8, 4) is 0 Å². The lowest BCUT2D eigenvalue weighted by Crippen LogP contribution is -2.41. The summed E-state index contributed by atoms with van der Waals surface area (Å²) in [7, 11) is 1.67. The fourth-order valence-corrected chi connectivity index (χ4v) is 3.94. The van der Waals surface area contributed by atoms with Gasteiger partial charge >= 0.3 is 0 Å². The smallest absolute Gasteiger partial charge is 0.266 e. The van der Waals surface area contributed by atoms with Crippen molar-refractivity contribution >= 4 is 11.5 Å². The van der Waals surface area contributed by atoms with Crippen LogP contribution >= 0.6 is 0 Å². The highest BCUT2D eigenvalue weighted by molar-refractivity contribution is 5.81. The van der Waals surface area contributed by atoms with Crippen LogP contribution in [0.3, 0.4) is 0 Å². The van der Waals surface area contributed by atoms with E-state index in [1.807, 2.05) is 23.1 Å². The average molecular weight is 349 g/mol. The molecule has 0 spiro atoms. The summed E-state index contributed by atoms with van der Waals surface area (Å²) < 4.78 is 1.38. The van der Waals surface area contributed by atoms with Gasteiger partial charge in [-0.2, -0.15) is 5.10 Å². The van der Waals surface area contributed by atoms with Gasteiger partial charge in [-0.05, 0) is 42.4 Å². The van der Waals surface area contributed by atoms with Crippen molar-refractivity contribution in [1.29, 1.82) is 0 Å². The fraction of sp³-hybridized carbons (Fsp3) is 0.381. The molecule has 2 aliphatic rings. The van der Waals surface area contributed by atoms with E-state index in [1.54, 1.807) is 13.1 Å². The first kappa shape index (κ1) is 16.8. The molecule has 4 rings (SSSR count). The second kappa shape index (κ2) is 6.90. The highest BCUT2D eigenvalue weighted by Crippen LogP contribution is 2.27. The lowest BCUT2D eigenvalue weighted by atomic mass is 9.85. The molecule has 26 heavy (non-hydrogen) atoms. The molecule has 1 atom stereocenters. The van der Waals surface area contributed by atoms with E-state index in [1.165, 1.54) is 15.8 Å². The Kier molecular flexibility index (Phi) is 4.45. The molecule has 0 saturated heterocycles. The standard InChI is InChI=1S/C21H23N3O2/c1-23-20(25)14-18-13-17(7-8-19(18)22-23)21(26)24-11-9-16(10-12-24)15-5-3-2-4-6-15/h2-6,9,14,17H,7-8,10-13H2,1H3/t17-/m1/s1. The molecule has 0 fully saturated rings. The Morgan fingerprint density at radius 1 is 1.19 bits per heavy atom. The first-order chi connectivity index (χ1) is 12.6. The fourth-order valence-electron chi connectivity index (χ4n) is 3.94. The molecule has 5 nitrogen and oxygen atoms in total. The number of hydrogen-bond acceptors (Lipinski definition) is 3. The maximum atomic E-state index is 13.0. The van der Waals surface area contributed by atoms with E-state index in [2.05, 4.69) is 23.3 Å². The van der Waals surface area contributed by atoms with E-state index in [9.17, 15) is 9.59 Å². The number of benzene rings is 1. The molecule has 0 saturated carbocycles. The Morgan fingerprint density at radius 3 is 2.73 bits per heavy atom. The largest absolute Gasteiger partial charge is 0.338 e. The Balaban J connectivity index is 1.45. The average Bonchev–Trinajstić information content (AvgIpc) is 2.69. The first-order valence-corrected chi connectivity index (χ1v) is 9.21. The second-order valence-electron chi connectivity index (χ2n) is 7.15. The maximum Gasteiger partial charge on any atom is 0.266 e. The third kappa shape index (κ3) is 3.21. The summed E-state index contributed by atoms with van der Waals surface area (Å²) in [5, 5.41) is 4.33. The van der Waals surface area contributed by atoms with E-state index in [0.717, 1.165) is 37.1 Å². The lowest BCUT2D eigenvalue weighted by Gasteiger charge is -2.32. The maximum absolute atomic E-state index is 13.0. The highest BCUT2D eigenvalue weighted by Gasteiger charge is 2.30. The summed E-state index contributed by atoms with van der Waals surface area (Å²) in [6.07, 6.45) is 5.26. The zero-order valence-electron chi connectivity index (χ0n) is 15.0. The predicted molar refractivity (Wildman–Crippen MR) is 101 cm³/mol. The molecule has 0 N–H and O–H groups in total. The Morgan fingerprint density at radius 2 is 2.00 bits per heavy atom. The molecule has 2 aromatic rings.